The first kappa shape index (κ1) is 20.9. The largest absolute Gasteiger partial charge is 0.478 e. The van der Waals surface area contributed by atoms with Crippen LogP contribution in [0.1, 0.15) is 33.6 Å². The summed E-state index contributed by atoms with van der Waals surface area (Å²) in [7, 11) is 2.08. The highest BCUT2D eigenvalue weighted by molar-refractivity contribution is 8.09. The van der Waals surface area contributed by atoms with Gasteiger partial charge in [-0.25, -0.2) is 14.8 Å². The molecule has 0 fully saturated rings. The molecule has 1 aliphatic heterocycles. The summed E-state index contributed by atoms with van der Waals surface area (Å²) in [6.45, 7) is 2.03. The second-order valence-corrected chi connectivity index (χ2v) is 8.74. The van der Waals surface area contributed by atoms with E-state index in [0.717, 1.165) is 46.2 Å². The van der Waals surface area contributed by atoms with E-state index in [4.69, 9.17) is 10.1 Å². The molecular formula is C24H24N4O2S. The van der Waals surface area contributed by atoms with E-state index >= 15 is 0 Å². The van der Waals surface area contributed by atoms with Crippen LogP contribution in [0.15, 0.2) is 67.0 Å². The molecule has 0 aliphatic carbocycles. The number of thioether (sulfide) groups is 1. The van der Waals surface area contributed by atoms with E-state index in [0.29, 0.717) is 10.9 Å². The molecule has 2 N–H and O–H groups in total. The average Bonchev–Trinajstić information content (AvgIpc) is 3.13. The number of carboxylic acid groups (broad SMARTS) is 1. The molecule has 0 bridgehead atoms. The number of rotatable bonds is 7. The summed E-state index contributed by atoms with van der Waals surface area (Å²) in [4.78, 5) is 23.5. The minimum absolute atomic E-state index is 0.311. The first-order chi connectivity index (χ1) is 15.0. The minimum atomic E-state index is -0.895. The first-order valence-electron chi connectivity index (χ1n) is 10.1. The quantitative estimate of drug-likeness (QED) is 0.534. The lowest BCUT2D eigenvalue weighted by molar-refractivity contribution is 0.0697. The summed E-state index contributed by atoms with van der Waals surface area (Å²) in [6, 6.07) is 17.0. The van der Waals surface area contributed by atoms with Crippen molar-refractivity contribution in [3.63, 3.8) is 0 Å². The number of hydrogen-bond acceptors (Lipinski definition) is 6. The lowest BCUT2D eigenvalue weighted by Gasteiger charge is -2.19. The van der Waals surface area contributed by atoms with Crippen molar-refractivity contribution in [3.05, 3.63) is 89.4 Å². The van der Waals surface area contributed by atoms with Gasteiger partial charge in [0.2, 0.25) is 0 Å². The van der Waals surface area contributed by atoms with Crippen molar-refractivity contribution in [1.82, 2.24) is 14.9 Å². The van der Waals surface area contributed by atoms with E-state index in [1.54, 1.807) is 30.1 Å². The second kappa shape index (κ2) is 9.22. The van der Waals surface area contributed by atoms with Crippen molar-refractivity contribution in [2.75, 3.05) is 12.4 Å². The Hall–Kier alpha value is -3.32. The molecule has 1 unspecified atom stereocenters. The van der Waals surface area contributed by atoms with Crippen LogP contribution < -0.4 is 5.32 Å². The number of carbonyl (C=O) groups is 1. The summed E-state index contributed by atoms with van der Waals surface area (Å²) in [5.74, 6) is 0.650. The molecule has 2 aromatic heterocycles. The predicted octanol–water partition coefficient (Wildman–Crippen LogP) is 5.16. The summed E-state index contributed by atoms with van der Waals surface area (Å²) in [6.07, 6.45) is 5.77. The van der Waals surface area contributed by atoms with Gasteiger partial charge in [0, 0.05) is 19.4 Å². The summed E-state index contributed by atoms with van der Waals surface area (Å²) < 4.78 is 0. The molecule has 158 valence electrons. The number of aromatic carboxylic acids is 1. The van der Waals surface area contributed by atoms with E-state index in [1.807, 2.05) is 49.4 Å². The van der Waals surface area contributed by atoms with Crippen LogP contribution in [0, 0.1) is 6.92 Å². The molecule has 3 heterocycles. The Morgan fingerprint density at radius 2 is 1.97 bits per heavy atom. The van der Waals surface area contributed by atoms with Gasteiger partial charge in [0.1, 0.15) is 11.6 Å². The van der Waals surface area contributed by atoms with Gasteiger partial charge in [-0.3, -0.25) is 0 Å². The van der Waals surface area contributed by atoms with Crippen molar-refractivity contribution >= 4 is 34.3 Å². The van der Waals surface area contributed by atoms with Crippen molar-refractivity contribution in [2.24, 2.45) is 0 Å². The number of anilines is 2. The third-order valence-electron chi connectivity index (χ3n) is 5.09. The van der Waals surface area contributed by atoms with Crippen LogP contribution in [0.2, 0.25) is 0 Å². The monoisotopic (exact) mass is 432 g/mol. The van der Waals surface area contributed by atoms with Gasteiger partial charge in [0.25, 0.3) is 0 Å². The number of nitrogens with zero attached hydrogens (tertiary/aromatic N) is 3. The van der Waals surface area contributed by atoms with Gasteiger partial charge in [0.15, 0.2) is 0 Å². The zero-order valence-corrected chi connectivity index (χ0v) is 18.3. The van der Waals surface area contributed by atoms with Gasteiger partial charge in [-0.2, -0.15) is 0 Å². The van der Waals surface area contributed by atoms with Gasteiger partial charge in [-0.1, -0.05) is 30.0 Å². The summed E-state index contributed by atoms with van der Waals surface area (Å²) in [5.41, 5.74) is 3.54. The van der Waals surface area contributed by atoms with Crippen LogP contribution in [0.25, 0.3) is 4.91 Å². The Bertz CT molecular complexity index is 1110. The Balaban J connectivity index is 1.38. The Labute approximate surface area is 186 Å². The third kappa shape index (κ3) is 5.24. The Morgan fingerprint density at radius 1 is 1.16 bits per heavy atom. The number of carboxylic acids is 1. The molecule has 3 aromatic rings. The number of pyridine rings is 2. The maximum atomic E-state index is 11.0. The van der Waals surface area contributed by atoms with E-state index in [2.05, 4.69) is 28.4 Å². The van der Waals surface area contributed by atoms with Gasteiger partial charge in [-0.05, 0) is 67.3 Å². The van der Waals surface area contributed by atoms with Crippen molar-refractivity contribution < 1.29 is 9.90 Å². The minimum Gasteiger partial charge on any atom is -0.478 e. The van der Waals surface area contributed by atoms with E-state index in [-0.39, 0.29) is 0 Å². The standard InChI is InChI=1S/C24H24N4O2S/c1-16-12-13-25-22(14-16)27-21-5-3-4-19(26-21)20-15-28(2)23(31-20)11-8-17-6-9-18(10-7-17)24(29)30/h3-7,9-10,12-15,23H,8,11H2,1-2H3,(H,29,30)(H,25,26,27). The first-order valence-corrected chi connectivity index (χ1v) is 11.0. The molecule has 0 spiro atoms. The predicted molar refractivity (Wildman–Crippen MR) is 125 cm³/mol. The number of aromatic nitrogens is 2. The molecule has 0 saturated carbocycles. The smallest absolute Gasteiger partial charge is 0.335 e. The van der Waals surface area contributed by atoms with Crippen molar-refractivity contribution in [2.45, 2.75) is 25.1 Å². The highest BCUT2D eigenvalue weighted by atomic mass is 32.2. The van der Waals surface area contributed by atoms with E-state index in [9.17, 15) is 4.79 Å². The van der Waals surface area contributed by atoms with Crippen LogP contribution >= 0.6 is 11.8 Å². The van der Waals surface area contributed by atoms with Crippen LogP contribution in [-0.2, 0) is 6.42 Å². The Kier molecular flexibility index (Phi) is 6.23. The zero-order valence-electron chi connectivity index (χ0n) is 17.4. The lowest BCUT2D eigenvalue weighted by atomic mass is 10.1. The fourth-order valence-electron chi connectivity index (χ4n) is 3.40. The van der Waals surface area contributed by atoms with Gasteiger partial charge in [-0.15, -0.1) is 0 Å². The van der Waals surface area contributed by atoms with Crippen LogP contribution in [0.5, 0.6) is 0 Å². The summed E-state index contributed by atoms with van der Waals surface area (Å²) >= 11 is 1.80. The highest BCUT2D eigenvalue weighted by Gasteiger charge is 2.24. The molecule has 1 aromatic carbocycles. The normalized spacial score (nSPS) is 15.6. The Morgan fingerprint density at radius 3 is 2.71 bits per heavy atom. The van der Waals surface area contributed by atoms with E-state index < -0.39 is 5.97 Å². The average molecular weight is 433 g/mol. The zero-order chi connectivity index (χ0) is 21.8. The number of hydrogen-bond donors (Lipinski definition) is 2. The maximum absolute atomic E-state index is 11.0. The van der Waals surface area contributed by atoms with Gasteiger partial charge in [0.05, 0.1) is 21.5 Å². The van der Waals surface area contributed by atoms with Gasteiger partial charge >= 0.3 is 5.97 Å². The third-order valence-corrected chi connectivity index (χ3v) is 6.50. The van der Waals surface area contributed by atoms with Crippen LogP contribution in [-0.4, -0.2) is 38.4 Å². The molecule has 1 atom stereocenters. The summed E-state index contributed by atoms with van der Waals surface area (Å²) in [5, 5.41) is 12.6. The molecule has 4 rings (SSSR count). The highest BCUT2D eigenvalue weighted by Crippen LogP contribution is 2.40. The molecule has 0 amide bonds. The van der Waals surface area contributed by atoms with Crippen molar-refractivity contribution in [1.29, 1.82) is 0 Å². The topological polar surface area (TPSA) is 78.4 Å². The van der Waals surface area contributed by atoms with Crippen molar-refractivity contribution in [3.8, 4) is 0 Å². The molecule has 0 saturated heterocycles. The fraction of sp³-hybridized carbons (Fsp3) is 0.208. The van der Waals surface area contributed by atoms with Crippen LogP contribution in [0.4, 0.5) is 11.6 Å². The number of aryl methyl sites for hydroxylation is 2. The SMILES string of the molecule is Cc1ccnc(Nc2cccc(C3=CN(C)C(CCc4ccc(C(=O)O)cc4)S3)n2)c1. The van der Waals surface area contributed by atoms with Gasteiger partial charge < -0.3 is 15.3 Å². The molecule has 6 nitrogen and oxygen atoms in total. The molecule has 0 radical (unpaired) electrons. The molecule has 1 aliphatic rings. The molecule has 7 heteroatoms. The molecule has 31 heavy (non-hydrogen) atoms. The molecular weight excluding hydrogens is 408 g/mol. The lowest BCUT2D eigenvalue weighted by Crippen LogP contribution is -2.20. The van der Waals surface area contributed by atoms with E-state index in [1.165, 1.54) is 0 Å². The maximum Gasteiger partial charge on any atom is 0.335 e. The number of nitrogens with one attached hydrogen (secondary N) is 1. The second-order valence-electron chi connectivity index (χ2n) is 7.52. The van der Waals surface area contributed by atoms with Crippen LogP contribution in [0.3, 0.4) is 0 Å². The fourth-order valence-corrected chi connectivity index (χ4v) is 4.62. The number of benzene rings is 1.